The molecular weight excluding hydrogens is 723 g/mol. The van der Waals surface area contributed by atoms with E-state index in [4.69, 9.17) is 0 Å². The number of nitrogens with one attached hydrogen (secondary N) is 1. The standard InChI is InChI=1S/C55H101NO3/c1-3-5-7-9-11-13-15-17-19-21-23-24-25-26-27-28-29-30-31-32-33-35-37-39-41-43-45-47-49-51-55(59)56-53(52-57)54(58)50-48-46-44-42-40-38-36-34-22-20-18-16-14-12-10-8-6-4-2/h15,17,21-23,34,40,42,48,50,53-54,57-58H,3-14,16,18-20,24-33,35-39,41,43-47,49,51-52H2,1-2H3,(H,56,59)/b17-15-,23-21-,34-22+,42-40+,50-48+. The summed E-state index contributed by atoms with van der Waals surface area (Å²) in [6.45, 7) is 4.29. The third kappa shape index (κ3) is 47.0. The zero-order valence-corrected chi connectivity index (χ0v) is 39.5. The van der Waals surface area contributed by atoms with Crippen LogP contribution in [0.3, 0.4) is 0 Å². The second-order valence-corrected chi connectivity index (χ2v) is 17.6. The summed E-state index contributed by atoms with van der Waals surface area (Å²) in [7, 11) is 0. The first-order valence-corrected chi connectivity index (χ1v) is 26.0. The van der Waals surface area contributed by atoms with E-state index in [1.807, 2.05) is 6.08 Å². The highest BCUT2D eigenvalue weighted by Gasteiger charge is 2.17. The molecule has 59 heavy (non-hydrogen) atoms. The van der Waals surface area contributed by atoms with Gasteiger partial charge in [0.15, 0.2) is 0 Å². The van der Waals surface area contributed by atoms with Crippen LogP contribution in [0.1, 0.15) is 264 Å². The first kappa shape index (κ1) is 57.1. The summed E-state index contributed by atoms with van der Waals surface area (Å²) in [6.07, 6.45) is 70.8. The molecule has 4 heteroatoms. The van der Waals surface area contributed by atoms with Gasteiger partial charge in [0.05, 0.1) is 18.8 Å². The molecule has 0 heterocycles. The van der Waals surface area contributed by atoms with Crippen LogP contribution in [0.15, 0.2) is 60.8 Å². The highest BCUT2D eigenvalue weighted by atomic mass is 16.3. The molecule has 0 aromatic rings. The van der Waals surface area contributed by atoms with Crippen LogP contribution in [-0.2, 0) is 4.79 Å². The van der Waals surface area contributed by atoms with Crippen molar-refractivity contribution < 1.29 is 15.0 Å². The number of aliphatic hydroxyl groups excluding tert-OH is 2. The minimum Gasteiger partial charge on any atom is -0.394 e. The van der Waals surface area contributed by atoms with Gasteiger partial charge in [0.25, 0.3) is 0 Å². The van der Waals surface area contributed by atoms with Crippen molar-refractivity contribution in [2.45, 2.75) is 276 Å². The molecular formula is C55H101NO3. The topological polar surface area (TPSA) is 69.6 Å². The molecule has 4 nitrogen and oxygen atoms in total. The summed E-state index contributed by atoms with van der Waals surface area (Å²) in [4.78, 5) is 12.4. The van der Waals surface area contributed by atoms with Gasteiger partial charge in [-0.05, 0) is 77.0 Å². The molecule has 3 N–H and O–H groups in total. The molecule has 2 unspecified atom stereocenters. The molecule has 0 aliphatic rings. The number of carbonyl (C=O) groups excluding carboxylic acids is 1. The summed E-state index contributed by atoms with van der Waals surface area (Å²) in [5.41, 5.74) is 0. The van der Waals surface area contributed by atoms with Gasteiger partial charge in [-0.3, -0.25) is 4.79 Å². The minimum atomic E-state index is -0.871. The van der Waals surface area contributed by atoms with Crippen molar-refractivity contribution in [3.8, 4) is 0 Å². The van der Waals surface area contributed by atoms with Gasteiger partial charge in [-0.25, -0.2) is 0 Å². The van der Waals surface area contributed by atoms with E-state index < -0.39 is 12.1 Å². The number of hydrogen-bond donors (Lipinski definition) is 3. The average molecular weight is 824 g/mol. The monoisotopic (exact) mass is 824 g/mol. The Hall–Kier alpha value is -1.91. The molecule has 0 bridgehead atoms. The molecule has 0 fully saturated rings. The van der Waals surface area contributed by atoms with E-state index in [9.17, 15) is 15.0 Å². The Bertz CT molecular complexity index is 981. The van der Waals surface area contributed by atoms with Crippen molar-refractivity contribution in [1.82, 2.24) is 5.32 Å². The van der Waals surface area contributed by atoms with Crippen LogP contribution in [0.25, 0.3) is 0 Å². The van der Waals surface area contributed by atoms with E-state index in [1.165, 1.54) is 199 Å². The van der Waals surface area contributed by atoms with Crippen molar-refractivity contribution in [3.63, 3.8) is 0 Å². The maximum atomic E-state index is 12.4. The van der Waals surface area contributed by atoms with Crippen molar-refractivity contribution >= 4 is 5.91 Å². The molecule has 344 valence electrons. The van der Waals surface area contributed by atoms with Crippen molar-refractivity contribution in [2.75, 3.05) is 6.61 Å². The van der Waals surface area contributed by atoms with E-state index in [2.05, 4.69) is 67.8 Å². The molecule has 0 rings (SSSR count). The summed E-state index contributed by atoms with van der Waals surface area (Å²) in [6, 6.07) is -0.646. The lowest BCUT2D eigenvalue weighted by Crippen LogP contribution is -2.45. The number of aliphatic hydroxyl groups is 2. The number of carbonyl (C=O) groups is 1. The molecule has 0 aromatic carbocycles. The van der Waals surface area contributed by atoms with Gasteiger partial charge >= 0.3 is 0 Å². The number of amides is 1. The van der Waals surface area contributed by atoms with Gasteiger partial charge in [0.1, 0.15) is 0 Å². The molecule has 1 amide bonds. The lowest BCUT2D eigenvalue weighted by molar-refractivity contribution is -0.123. The van der Waals surface area contributed by atoms with Crippen LogP contribution in [-0.4, -0.2) is 34.9 Å². The first-order chi connectivity index (χ1) is 29.2. The zero-order valence-electron chi connectivity index (χ0n) is 39.5. The predicted molar refractivity (Wildman–Crippen MR) is 262 cm³/mol. The van der Waals surface area contributed by atoms with Crippen LogP contribution in [0.4, 0.5) is 0 Å². The minimum absolute atomic E-state index is 0.0767. The Morgan fingerprint density at radius 3 is 1.08 bits per heavy atom. The Morgan fingerprint density at radius 2 is 0.712 bits per heavy atom. The average Bonchev–Trinajstić information content (AvgIpc) is 3.24. The van der Waals surface area contributed by atoms with Gasteiger partial charge in [-0.2, -0.15) is 0 Å². The quantitative estimate of drug-likeness (QED) is 0.0423. The third-order valence-corrected chi connectivity index (χ3v) is 11.7. The van der Waals surface area contributed by atoms with Gasteiger partial charge < -0.3 is 15.5 Å². The first-order valence-electron chi connectivity index (χ1n) is 26.0. The van der Waals surface area contributed by atoms with Gasteiger partial charge in [-0.15, -0.1) is 0 Å². The zero-order chi connectivity index (χ0) is 42.8. The van der Waals surface area contributed by atoms with Crippen molar-refractivity contribution in [1.29, 1.82) is 0 Å². The van der Waals surface area contributed by atoms with Crippen LogP contribution >= 0.6 is 0 Å². The van der Waals surface area contributed by atoms with E-state index in [1.54, 1.807) is 6.08 Å². The Kier molecular flexibility index (Phi) is 48.8. The number of allylic oxidation sites excluding steroid dienone is 9. The summed E-state index contributed by atoms with van der Waals surface area (Å²) in [5, 5.41) is 23.1. The Morgan fingerprint density at radius 1 is 0.407 bits per heavy atom. The van der Waals surface area contributed by atoms with Crippen LogP contribution in [0.5, 0.6) is 0 Å². The number of hydrogen-bond acceptors (Lipinski definition) is 3. The molecule has 2 atom stereocenters. The molecule has 0 aliphatic heterocycles. The van der Waals surface area contributed by atoms with Gasteiger partial charge in [-0.1, -0.05) is 242 Å². The fourth-order valence-electron chi connectivity index (χ4n) is 7.71. The Labute approximate surface area is 368 Å². The SMILES string of the molecule is CCCCCCC/C=C\C/C=C\CCCCCCCCCCCCCCCCCCCC(=O)NC(CO)C(O)/C=C/CC/C=C/CC/C=C/CCCCCCCCCC. The molecule has 0 radical (unpaired) electrons. The fourth-order valence-corrected chi connectivity index (χ4v) is 7.71. The Balaban J connectivity index is 3.54. The normalized spacial score (nSPS) is 13.4. The van der Waals surface area contributed by atoms with Gasteiger partial charge in [0, 0.05) is 6.42 Å². The van der Waals surface area contributed by atoms with Crippen LogP contribution < -0.4 is 5.32 Å². The lowest BCUT2D eigenvalue weighted by atomic mass is 10.0. The third-order valence-electron chi connectivity index (χ3n) is 11.7. The van der Waals surface area contributed by atoms with Gasteiger partial charge in [0.2, 0.25) is 5.91 Å². The molecule has 0 saturated heterocycles. The molecule has 0 aliphatic carbocycles. The maximum Gasteiger partial charge on any atom is 0.220 e. The van der Waals surface area contributed by atoms with Crippen LogP contribution in [0.2, 0.25) is 0 Å². The lowest BCUT2D eigenvalue weighted by Gasteiger charge is -2.19. The van der Waals surface area contributed by atoms with E-state index in [0.717, 1.165) is 44.9 Å². The summed E-state index contributed by atoms with van der Waals surface area (Å²) in [5.74, 6) is -0.0767. The van der Waals surface area contributed by atoms with Crippen molar-refractivity contribution in [3.05, 3.63) is 60.8 Å². The number of rotatable bonds is 47. The van der Waals surface area contributed by atoms with E-state index in [-0.39, 0.29) is 12.5 Å². The molecule has 0 saturated carbocycles. The highest BCUT2D eigenvalue weighted by Crippen LogP contribution is 2.16. The highest BCUT2D eigenvalue weighted by molar-refractivity contribution is 5.76. The largest absolute Gasteiger partial charge is 0.394 e. The summed E-state index contributed by atoms with van der Waals surface area (Å²) < 4.78 is 0. The van der Waals surface area contributed by atoms with E-state index >= 15 is 0 Å². The second kappa shape index (κ2) is 50.4. The molecule has 0 aromatic heterocycles. The fraction of sp³-hybridized carbons (Fsp3) is 0.800. The van der Waals surface area contributed by atoms with Crippen molar-refractivity contribution in [2.24, 2.45) is 0 Å². The molecule has 0 spiro atoms. The smallest absolute Gasteiger partial charge is 0.220 e. The predicted octanol–water partition coefficient (Wildman–Crippen LogP) is 16.9. The maximum absolute atomic E-state index is 12.4. The van der Waals surface area contributed by atoms with E-state index in [0.29, 0.717) is 6.42 Å². The van der Waals surface area contributed by atoms with Crippen LogP contribution in [0, 0.1) is 0 Å². The summed E-state index contributed by atoms with van der Waals surface area (Å²) >= 11 is 0. The number of unbranched alkanes of at least 4 members (excludes halogenated alkanes) is 32. The second-order valence-electron chi connectivity index (χ2n) is 17.6.